The molecule has 12 heteroatoms. The van der Waals surface area contributed by atoms with Crippen LogP contribution in [-0.4, -0.2) is 34.2 Å². The summed E-state index contributed by atoms with van der Waals surface area (Å²) in [5, 5.41) is 1.62. The summed E-state index contributed by atoms with van der Waals surface area (Å²) in [7, 11) is 0. The standard InChI is InChI=1S/C27H23Cl2F2N3O4.H2O/c28-20-12-33-13-21(29)19(20)10-24(37-26(35)14-34-8-6-18-11-32-7-5-22(18)34)17-3-4-23(38-27(30)31)25(9-17)36-15-16-1-2-16;/h3-9,11-13,16,24,27H,1-2,10,14-15H2;1H2/t24-;/m0./s1. The molecule has 0 unspecified atom stereocenters. The van der Waals surface area contributed by atoms with Crippen LogP contribution in [0.25, 0.3) is 10.9 Å². The zero-order valence-electron chi connectivity index (χ0n) is 20.5. The number of ether oxygens (including phenoxy) is 3. The number of aromatic nitrogens is 3. The van der Waals surface area contributed by atoms with Gasteiger partial charge in [0.15, 0.2) is 23.9 Å². The molecule has 5 rings (SSSR count). The van der Waals surface area contributed by atoms with Gasteiger partial charge in [0.1, 0.15) is 22.7 Å². The summed E-state index contributed by atoms with van der Waals surface area (Å²) >= 11 is 12.8. The maximum atomic E-state index is 13.1. The van der Waals surface area contributed by atoms with Crippen LogP contribution >= 0.6 is 23.2 Å². The predicted molar refractivity (Wildman–Crippen MR) is 139 cm³/mol. The lowest BCUT2D eigenvalue weighted by Gasteiger charge is -2.21. The van der Waals surface area contributed by atoms with Gasteiger partial charge in [-0.2, -0.15) is 8.78 Å². The maximum Gasteiger partial charge on any atom is 0.387 e. The van der Waals surface area contributed by atoms with Crippen molar-refractivity contribution in [3.8, 4) is 11.5 Å². The number of carbonyl (C=O) groups excluding carboxylic acids is 1. The molecule has 0 bridgehead atoms. The van der Waals surface area contributed by atoms with E-state index < -0.39 is 18.7 Å². The molecule has 206 valence electrons. The number of H-pyrrole nitrogens is 1. The second-order valence-corrected chi connectivity index (χ2v) is 9.84. The number of hydrogen-bond donors (Lipinski definition) is 0. The number of esters is 1. The van der Waals surface area contributed by atoms with Crippen molar-refractivity contribution in [2.75, 3.05) is 6.61 Å². The van der Waals surface area contributed by atoms with E-state index in [0.717, 1.165) is 23.7 Å². The number of benzene rings is 1. The lowest BCUT2D eigenvalue weighted by molar-refractivity contribution is -0.377. The summed E-state index contributed by atoms with van der Waals surface area (Å²) in [5.74, 6) is -0.0608. The molecule has 3 heterocycles. The van der Waals surface area contributed by atoms with Gasteiger partial charge in [-0.05, 0) is 48.6 Å². The van der Waals surface area contributed by atoms with Crippen LogP contribution < -0.4 is 14.5 Å². The summed E-state index contributed by atoms with van der Waals surface area (Å²) in [6, 6.07) is 8.18. The fraction of sp³-hybridized carbons (Fsp3) is 0.296. The van der Waals surface area contributed by atoms with Gasteiger partial charge in [0.25, 0.3) is 0 Å². The number of pyridine rings is 2. The summed E-state index contributed by atoms with van der Waals surface area (Å²) < 4.78 is 44.2. The van der Waals surface area contributed by atoms with E-state index in [1.54, 1.807) is 47.7 Å². The number of nitrogens with one attached hydrogen (secondary N) is 1. The summed E-state index contributed by atoms with van der Waals surface area (Å²) in [6.07, 6.45) is 9.64. The molecule has 1 aliphatic carbocycles. The van der Waals surface area contributed by atoms with Crippen molar-refractivity contribution in [2.45, 2.75) is 38.5 Å². The van der Waals surface area contributed by atoms with E-state index in [4.69, 9.17) is 32.7 Å². The van der Waals surface area contributed by atoms with Crippen molar-refractivity contribution in [2.24, 2.45) is 5.92 Å². The minimum atomic E-state index is -3.01. The van der Waals surface area contributed by atoms with Crippen LogP contribution in [0.1, 0.15) is 30.1 Å². The molecule has 8 nitrogen and oxygen atoms in total. The number of halogens is 4. The van der Waals surface area contributed by atoms with Crippen molar-refractivity contribution in [3.63, 3.8) is 0 Å². The Balaban J connectivity index is 0.00000353. The average molecular weight is 580 g/mol. The Morgan fingerprint density at radius 1 is 1.13 bits per heavy atom. The fourth-order valence-electron chi connectivity index (χ4n) is 4.12. The van der Waals surface area contributed by atoms with Crippen molar-refractivity contribution < 1.29 is 38.2 Å². The Labute approximate surface area is 232 Å². The quantitative estimate of drug-likeness (QED) is 0.205. The second-order valence-electron chi connectivity index (χ2n) is 9.03. The number of fused-ring (bicyclic) bond motifs is 1. The molecule has 2 N–H and O–H groups in total. The van der Waals surface area contributed by atoms with Crippen molar-refractivity contribution in [1.29, 1.82) is 0 Å². The molecule has 1 atom stereocenters. The Kier molecular flexibility index (Phi) is 9.21. The van der Waals surface area contributed by atoms with E-state index in [1.807, 2.05) is 12.1 Å². The van der Waals surface area contributed by atoms with Crippen LogP contribution in [0.2, 0.25) is 10.0 Å². The van der Waals surface area contributed by atoms with Gasteiger partial charge in [-0.25, -0.2) is 4.98 Å². The molecule has 0 amide bonds. The van der Waals surface area contributed by atoms with Crippen LogP contribution in [0, 0.1) is 5.92 Å². The first-order chi connectivity index (χ1) is 18.4. The van der Waals surface area contributed by atoms with Crippen molar-refractivity contribution in [3.05, 3.63) is 82.5 Å². The zero-order chi connectivity index (χ0) is 26.6. The third kappa shape index (κ3) is 7.14. The fourth-order valence-corrected chi connectivity index (χ4v) is 4.65. The van der Waals surface area contributed by atoms with Crippen LogP contribution in [-0.2, 0) is 22.5 Å². The SMILES string of the molecule is O=C(Cn1ccc2cnccc21)O[C@@H](Cc1c(Cl)c[nH+]cc1Cl)c1ccc(OC(F)F)c(OCC2CC2)c1.[OH-]. The van der Waals surface area contributed by atoms with E-state index in [-0.39, 0.29) is 29.9 Å². The normalized spacial score (nSPS) is 13.7. The Hall–Kier alpha value is -3.47. The van der Waals surface area contributed by atoms with Gasteiger partial charge in [0.05, 0.1) is 12.1 Å². The Bertz CT molecular complexity index is 1430. The topological polar surface area (TPSA) is 107 Å². The molecule has 1 aliphatic rings. The highest BCUT2D eigenvalue weighted by Gasteiger charge is 2.26. The molecule has 0 spiro atoms. The van der Waals surface area contributed by atoms with Gasteiger partial charge in [0, 0.05) is 36.0 Å². The molecule has 39 heavy (non-hydrogen) atoms. The average Bonchev–Trinajstić information content (AvgIpc) is 3.64. The van der Waals surface area contributed by atoms with E-state index in [9.17, 15) is 13.6 Å². The monoisotopic (exact) mass is 579 g/mol. The molecule has 3 aromatic heterocycles. The molecule has 0 aliphatic heterocycles. The van der Waals surface area contributed by atoms with Crippen molar-refractivity contribution >= 4 is 40.1 Å². The van der Waals surface area contributed by atoms with Gasteiger partial charge in [0.2, 0.25) is 0 Å². The Morgan fingerprint density at radius 3 is 2.62 bits per heavy atom. The highest BCUT2D eigenvalue weighted by molar-refractivity contribution is 6.35. The summed E-state index contributed by atoms with van der Waals surface area (Å²) in [5.41, 5.74) is 1.92. The van der Waals surface area contributed by atoms with E-state index in [2.05, 4.69) is 14.7 Å². The number of alkyl halides is 2. The maximum absolute atomic E-state index is 13.1. The minimum absolute atomic E-state index is 0. The first-order valence-corrected chi connectivity index (χ1v) is 12.8. The highest BCUT2D eigenvalue weighted by atomic mass is 35.5. The lowest BCUT2D eigenvalue weighted by atomic mass is 10.0. The molecule has 1 saturated carbocycles. The molecule has 0 radical (unpaired) electrons. The van der Waals surface area contributed by atoms with E-state index >= 15 is 0 Å². The second kappa shape index (κ2) is 12.6. The van der Waals surface area contributed by atoms with Crippen LogP contribution in [0.4, 0.5) is 8.78 Å². The first kappa shape index (κ1) is 28.5. The minimum Gasteiger partial charge on any atom is -0.870 e. The smallest absolute Gasteiger partial charge is 0.387 e. The Morgan fingerprint density at radius 2 is 1.90 bits per heavy atom. The first-order valence-electron chi connectivity index (χ1n) is 12.0. The highest BCUT2D eigenvalue weighted by Crippen LogP contribution is 2.37. The number of carbonyl (C=O) groups is 1. The molecule has 1 fully saturated rings. The number of hydrogen-bond acceptors (Lipinski definition) is 6. The third-order valence-electron chi connectivity index (χ3n) is 6.26. The van der Waals surface area contributed by atoms with Gasteiger partial charge >= 0.3 is 12.6 Å². The van der Waals surface area contributed by atoms with Gasteiger partial charge in [-0.3, -0.25) is 9.78 Å². The number of nitrogens with zero attached hydrogens (tertiary/aromatic N) is 2. The van der Waals surface area contributed by atoms with E-state index in [0.29, 0.717) is 33.7 Å². The molecular weight excluding hydrogens is 555 g/mol. The lowest BCUT2D eigenvalue weighted by Crippen LogP contribution is -2.19. The molecule has 4 aromatic rings. The molecular formula is C27H25Cl2F2N3O5. The van der Waals surface area contributed by atoms with Gasteiger partial charge < -0.3 is 24.3 Å². The molecule has 1 aromatic carbocycles. The summed E-state index contributed by atoms with van der Waals surface area (Å²) in [6.45, 7) is -2.68. The zero-order valence-corrected chi connectivity index (χ0v) is 22.0. The third-order valence-corrected chi connectivity index (χ3v) is 6.93. The predicted octanol–water partition coefficient (Wildman–Crippen LogP) is 5.90. The van der Waals surface area contributed by atoms with Crippen LogP contribution in [0.15, 0.2) is 61.3 Å². The van der Waals surface area contributed by atoms with Gasteiger partial charge in [-0.15, -0.1) is 0 Å². The number of rotatable bonds is 11. The molecule has 0 saturated heterocycles. The van der Waals surface area contributed by atoms with Crippen molar-refractivity contribution in [1.82, 2.24) is 9.55 Å². The number of aromatic amines is 1. The van der Waals surface area contributed by atoms with Crippen LogP contribution in [0.3, 0.4) is 0 Å². The van der Waals surface area contributed by atoms with Crippen LogP contribution in [0.5, 0.6) is 11.5 Å². The van der Waals surface area contributed by atoms with Gasteiger partial charge in [-0.1, -0.05) is 29.3 Å². The largest absolute Gasteiger partial charge is 0.870 e. The van der Waals surface area contributed by atoms with E-state index in [1.165, 1.54) is 6.07 Å². The summed E-state index contributed by atoms with van der Waals surface area (Å²) in [4.78, 5) is 20.1.